The van der Waals surface area contributed by atoms with Gasteiger partial charge in [-0.25, -0.2) is 8.42 Å². The first-order chi connectivity index (χ1) is 12.4. The van der Waals surface area contributed by atoms with Gasteiger partial charge in [-0.1, -0.05) is 6.92 Å². The molecule has 1 amide bonds. The molecule has 1 saturated carbocycles. The Hall–Kier alpha value is -1.44. The molecule has 1 aromatic rings. The van der Waals surface area contributed by atoms with Crippen LogP contribution in [0.4, 0.5) is 5.69 Å². The molecule has 0 aromatic heterocycles. The van der Waals surface area contributed by atoms with E-state index in [1.165, 1.54) is 0 Å². The van der Waals surface area contributed by atoms with Gasteiger partial charge in [-0.2, -0.15) is 0 Å². The Balaban J connectivity index is 1.49. The highest BCUT2D eigenvalue weighted by Crippen LogP contribution is 2.50. The average molecular weight is 379 g/mol. The number of amides is 1. The molecule has 2 spiro atoms. The van der Waals surface area contributed by atoms with E-state index in [1.54, 1.807) is 36.1 Å². The summed E-state index contributed by atoms with van der Waals surface area (Å²) in [4.78, 5) is 15.3. The zero-order valence-electron chi connectivity index (χ0n) is 15.1. The van der Waals surface area contributed by atoms with E-state index in [0.717, 1.165) is 37.8 Å². The van der Waals surface area contributed by atoms with Gasteiger partial charge in [0.1, 0.15) is 0 Å². The summed E-state index contributed by atoms with van der Waals surface area (Å²) in [6, 6.07) is 6.69. The second kappa shape index (κ2) is 6.32. The first-order valence-corrected chi connectivity index (χ1v) is 11.0. The standard InChI is InChI=1S/C19H25NO5S/c1-2-26(22,23)16-5-3-15(4-6-16)20-12-11-18(17(20)21)7-9-19(10-8-18)24-13-14-25-19/h3-6H,2,7-14H2,1H3. The van der Waals surface area contributed by atoms with Crippen molar-refractivity contribution in [1.82, 2.24) is 0 Å². The lowest BCUT2D eigenvalue weighted by atomic mass is 9.71. The quantitative estimate of drug-likeness (QED) is 0.807. The number of anilines is 1. The lowest BCUT2D eigenvalue weighted by Gasteiger charge is -2.40. The molecule has 0 radical (unpaired) electrons. The first-order valence-electron chi connectivity index (χ1n) is 9.33. The summed E-state index contributed by atoms with van der Waals surface area (Å²) in [7, 11) is -3.22. The number of hydrogen-bond acceptors (Lipinski definition) is 5. The highest BCUT2D eigenvalue weighted by atomic mass is 32.2. The number of sulfone groups is 1. The largest absolute Gasteiger partial charge is 0.348 e. The Bertz CT molecular complexity index is 786. The molecule has 2 heterocycles. The van der Waals surface area contributed by atoms with Gasteiger partial charge in [-0.3, -0.25) is 4.79 Å². The minimum absolute atomic E-state index is 0.0734. The molecule has 3 fully saturated rings. The molecular weight excluding hydrogens is 354 g/mol. The van der Waals surface area contributed by atoms with Crippen molar-refractivity contribution in [2.24, 2.45) is 5.41 Å². The molecule has 0 atom stereocenters. The van der Waals surface area contributed by atoms with Crippen molar-refractivity contribution < 1.29 is 22.7 Å². The second-order valence-electron chi connectivity index (χ2n) is 7.49. The lowest BCUT2D eigenvalue weighted by Crippen LogP contribution is -2.44. The fraction of sp³-hybridized carbons (Fsp3) is 0.632. The van der Waals surface area contributed by atoms with E-state index < -0.39 is 15.6 Å². The summed E-state index contributed by atoms with van der Waals surface area (Å²) < 4.78 is 35.5. The van der Waals surface area contributed by atoms with Gasteiger partial charge < -0.3 is 14.4 Å². The zero-order valence-corrected chi connectivity index (χ0v) is 15.9. The summed E-state index contributed by atoms with van der Waals surface area (Å²) in [5, 5.41) is 0. The highest BCUT2D eigenvalue weighted by Gasteiger charge is 2.53. The number of rotatable bonds is 3. The maximum absolute atomic E-state index is 13.2. The van der Waals surface area contributed by atoms with Crippen molar-refractivity contribution in [3.05, 3.63) is 24.3 Å². The fourth-order valence-electron chi connectivity index (χ4n) is 4.43. The van der Waals surface area contributed by atoms with Gasteiger partial charge in [0.15, 0.2) is 15.6 Å². The minimum atomic E-state index is -3.22. The molecule has 0 N–H and O–H groups in total. The summed E-state index contributed by atoms with van der Waals surface area (Å²) in [6.07, 6.45) is 3.92. The molecule has 142 valence electrons. The SMILES string of the molecule is CCS(=O)(=O)c1ccc(N2CCC3(CCC4(CC3)OCCO4)C2=O)cc1. The van der Waals surface area contributed by atoms with Crippen molar-refractivity contribution in [3.8, 4) is 0 Å². The molecule has 1 aliphatic carbocycles. The molecule has 2 aliphatic heterocycles. The van der Waals surface area contributed by atoms with Crippen LogP contribution in [0.15, 0.2) is 29.2 Å². The number of nitrogens with zero attached hydrogens (tertiary/aromatic N) is 1. The molecule has 4 rings (SSSR count). The maximum Gasteiger partial charge on any atom is 0.233 e. The van der Waals surface area contributed by atoms with Crippen molar-refractivity contribution in [2.75, 3.05) is 30.4 Å². The van der Waals surface area contributed by atoms with Crippen LogP contribution in [-0.2, 0) is 24.1 Å². The van der Waals surface area contributed by atoms with Gasteiger partial charge in [0.2, 0.25) is 5.91 Å². The molecule has 7 heteroatoms. The Morgan fingerprint density at radius 3 is 2.19 bits per heavy atom. The van der Waals surface area contributed by atoms with Gasteiger partial charge in [0, 0.05) is 25.1 Å². The minimum Gasteiger partial charge on any atom is -0.348 e. The van der Waals surface area contributed by atoms with Crippen LogP contribution in [0.1, 0.15) is 39.0 Å². The van der Waals surface area contributed by atoms with Crippen molar-refractivity contribution in [2.45, 2.75) is 49.7 Å². The van der Waals surface area contributed by atoms with Crippen molar-refractivity contribution >= 4 is 21.4 Å². The van der Waals surface area contributed by atoms with Crippen molar-refractivity contribution in [1.29, 1.82) is 0 Å². The van der Waals surface area contributed by atoms with Crippen LogP contribution < -0.4 is 4.90 Å². The van der Waals surface area contributed by atoms with Gasteiger partial charge in [0.05, 0.1) is 29.3 Å². The summed E-state index contributed by atoms with van der Waals surface area (Å²) in [6.45, 7) is 3.58. The van der Waals surface area contributed by atoms with Gasteiger partial charge in [-0.05, 0) is 43.5 Å². The Labute approximate surface area is 154 Å². The van der Waals surface area contributed by atoms with Crippen LogP contribution in [0.25, 0.3) is 0 Å². The number of benzene rings is 1. The molecule has 3 aliphatic rings. The third-order valence-electron chi connectivity index (χ3n) is 6.18. The van der Waals surface area contributed by atoms with E-state index >= 15 is 0 Å². The number of carbonyl (C=O) groups is 1. The predicted octanol–water partition coefficient (Wildman–Crippen LogP) is 2.52. The molecule has 0 unspecified atom stereocenters. The Morgan fingerprint density at radius 2 is 1.62 bits per heavy atom. The van der Waals surface area contributed by atoms with Crippen LogP contribution in [0, 0.1) is 5.41 Å². The van der Waals surface area contributed by atoms with E-state index in [-0.39, 0.29) is 17.1 Å². The van der Waals surface area contributed by atoms with Crippen molar-refractivity contribution in [3.63, 3.8) is 0 Å². The maximum atomic E-state index is 13.2. The number of ether oxygens (including phenoxy) is 2. The first kappa shape index (κ1) is 17.9. The van der Waals surface area contributed by atoms with Gasteiger partial charge in [0.25, 0.3) is 0 Å². The smallest absolute Gasteiger partial charge is 0.233 e. The summed E-state index contributed by atoms with van der Waals surface area (Å²) in [5.74, 6) is -0.240. The van der Waals surface area contributed by atoms with Crippen LogP contribution in [0.5, 0.6) is 0 Å². The summed E-state index contributed by atoms with van der Waals surface area (Å²) in [5.41, 5.74) is 0.449. The van der Waals surface area contributed by atoms with Crippen LogP contribution in [0.3, 0.4) is 0 Å². The third-order valence-corrected chi connectivity index (χ3v) is 7.93. The Kier molecular flexibility index (Phi) is 4.36. The average Bonchev–Trinajstić information content (AvgIpc) is 3.24. The third kappa shape index (κ3) is 2.86. The highest BCUT2D eigenvalue weighted by molar-refractivity contribution is 7.91. The molecule has 1 aromatic carbocycles. The number of hydrogen-bond donors (Lipinski definition) is 0. The fourth-order valence-corrected chi connectivity index (χ4v) is 5.31. The normalized spacial score (nSPS) is 24.7. The monoisotopic (exact) mass is 379 g/mol. The predicted molar refractivity (Wildman–Crippen MR) is 96.7 cm³/mol. The lowest BCUT2D eigenvalue weighted by molar-refractivity contribution is -0.191. The van der Waals surface area contributed by atoms with E-state index in [2.05, 4.69) is 0 Å². The van der Waals surface area contributed by atoms with Gasteiger partial charge >= 0.3 is 0 Å². The topological polar surface area (TPSA) is 72.9 Å². The molecule has 26 heavy (non-hydrogen) atoms. The Morgan fingerprint density at radius 1 is 1.00 bits per heavy atom. The second-order valence-corrected chi connectivity index (χ2v) is 9.77. The summed E-state index contributed by atoms with van der Waals surface area (Å²) >= 11 is 0. The van der Waals surface area contributed by atoms with Gasteiger partial charge in [-0.15, -0.1) is 0 Å². The number of carbonyl (C=O) groups excluding carboxylic acids is 1. The van der Waals surface area contributed by atoms with Crippen LogP contribution >= 0.6 is 0 Å². The van der Waals surface area contributed by atoms with Crippen LogP contribution in [0.2, 0.25) is 0 Å². The molecule has 2 saturated heterocycles. The van der Waals surface area contributed by atoms with E-state index in [0.29, 0.717) is 24.7 Å². The molecule has 0 bridgehead atoms. The van der Waals surface area contributed by atoms with E-state index in [1.807, 2.05) is 0 Å². The molecule has 6 nitrogen and oxygen atoms in total. The van der Waals surface area contributed by atoms with Crippen LogP contribution in [-0.4, -0.2) is 45.6 Å². The zero-order chi connectivity index (χ0) is 18.4. The molecular formula is C19H25NO5S. The van der Waals surface area contributed by atoms with E-state index in [9.17, 15) is 13.2 Å². The van der Waals surface area contributed by atoms with E-state index in [4.69, 9.17) is 9.47 Å².